The molecule has 2 heterocycles. The maximum Gasteiger partial charge on any atom is 0.345 e. The minimum absolute atomic E-state index is 0. The molecule has 28 heavy (non-hydrogen) atoms. The van der Waals surface area contributed by atoms with Gasteiger partial charge < -0.3 is 15.4 Å². The van der Waals surface area contributed by atoms with E-state index in [0.29, 0.717) is 13.1 Å². The summed E-state index contributed by atoms with van der Waals surface area (Å²) in [6.45, 7) is 12.1. The number of rotatable bonds is 8. The first-order valence-corrected chi connectivity index (χ1v) is 10.1. The molecule has 1 aliphatic heterocycles. The highest BCUT2D eigenvalue weighted by molar-refractivity contribution is 14.0. The van der Waals surface area contributed by atoms with Crippen molar-refractivity contribution in [1.29, 1.82) is 0 Å². The van der Waals surface area contributed by atoms with Gasteiger partial charge in [0.2, 0.25) is 0 Å². The lowest BCUT2D eigenvalue weighted by molar-refractivity contribution is 0.0241. The Hall–Kier alpha value is -1.10. The summed E-state index contributed by atoms with van der Waals surface area (Å²) in [6, 6.07) is 0. The zero-order chi connectivity index (χ0) is 19.9. The van der Waals surface area contributed by atoms with Crippen molar-refractivity contribution in [2.75, 3.05) is 26.7 Å². The van der Waals surface area contributed by atoms with Crippen molar-refractivity contribution in [3.05, 3.63) is 16.3 Å². The van der Waals surface area contributed by atoms with Crippen LogP contribution in [0.1, 0.15) is 52.8 Å². The lowest BCUT2D eigenvalue weighted by Crippen LogP contribution is -2.40. The smallest absolute Gasteiger partial charge is 0.345 e. The van der Waals surface area contributed by atoms with Crippen molar-refractivity contribution in [2.24, 2.45) is 10.4 Å². The van der Waals surface area contributed by atoms with E-state index in [-0.39, 0.29) is 41.2 Å². The topological polar surface area (TPSA) is 85.5 Å². The van der Waals surface area contributed by atoms with Crippen LogP contribution in [0.4, 0.5) is 0 Å². The Balaban J connectivity index is 0.00000392. The van der Waals surface area contributed by atoms with E-state index >= 15 is 0 Å². The zero-order valence-corrected chi connectivity index (χ0v) is 20.3. The molecule has 162 valence electrons. The van der Waals surface area contributed by atoms with Crippen LogP contribution in [-0.4, -0.2) is 53.2 Å². The Kier molecular flexibility index (Phi) is 10.5. The molecule has 0 saturated carbocycles. The summed E-state index contributed by atoms with van der Waals surface area (Å²) in [7, 11) is 1.73. The number of hydrogen-bond donors (Lipinski definition) is 2. The number of ether oxygens (including phenoxy) is 1. The van der Waals surface area contributed by atoms with Crippen molar-refractivity contribution < 1.29 is 4.74 Å². The molecule has 0 aliphatic carbocycles. The monoisotopic (exact) mass is 508 g/mol. The van der Waals surface area contributed by atoms with Gasteiger partial charge >= 0.3 is 5.69 Å². The molecule has 0 saturated heterocycles. The number of nitrogens with zero attached hydrogens (tertiary/aromatic N) is 4. The van der Waals surface area contributed by atoms with E-state index in [1.165, 1.54) is 0 Å². The number of aliphatic imine (C=N–C) groups is 1. The quantitative estimate of drug-likeness (QED) is 0.243. The molecule has 8 nitrogen and oxygen atoms in total. The van der Waals surface area contributed by atoms with Crippen molar-refractivity contribution in [3.8, 4) is 0 Å². The molecular formula is C19H37IN6O2. The Bertz CT molecular complexity index is 677. The third-order valence-electron chi connectivity index (χ3n) is 4.88. The maximum absolute atomic E-state index is 12.3. The van der Waals surface area contributed by atoms with Crippen LogP contribution in [-0.2, 0) is 24.2 Å². The van der Waals surface area contributed by atoms with Gasteiger partial charge in [-0.15, -0.1) is 24.0 Å². The minimum Gasteiger partial charge on any atom is -0.379 e. The average Bonchev–Trinajstić information content (AvgIpc) is 2.94. The first-order valence-electron chi connectivity index (χ1n) is 10.1. The Morgan fingerprint density at radius 1 is 1.32 bits per heavy atom. The number of methoxy groups -OCH3 is 1. The molecule has 0 radical (unpaired) electrons. The predicted octanol–water partition coefficient (Wildman–Crippen LogP) is 2.01. The van der Waals surface area contributed by atoms with E-state index in [2.05, 4.69) is 41.5 Å². The van der Waals surface area contributed by atoms with E-state index in [1.54, 1.807) is 11.8 Å². The summed E-state index contributed by atoms with van der Waals surface area (Å²) < 4.78 is 8.99. The second-order valence-electron chi connectivity index (χ2n) is 8.12. The highest BCUT2D eigenvalue weighted by Crippen LogP contribution is 2.21. The van der Waals surface area contributed by atoms with Crippen LogP contribution in [0.2, 0.25) is 0 Å². The van der Waals surface area contributed by atoms with Crippen LogP contribution in [0, 0.1) is 5.41 Å². The normalized spacial score (nSPS) is 15.5. The third-order valence-corrected chi connectivity index (χ3v) is 4.88. The molecule has 9 heteroatoms. The van der Waals surface area contributed by atoms with Crippen LogP contribution in [0.15, 0.2) is 9.79 Å². The van der Waals surface area contributed by atoms with Gasteiger partial charge in [-0.3, -0.25) is 9.56 Å². The highest BCUT2D eigenvalue weighted by Gasteiger charge is 2.24. The van der Waals surface area contributed by atoms with E-state index in [1.807, 2.05) is 11.5 Å². The lowest BCUT2D eigenvalue weighted by atomic mass is 9.89. The second kappa shape index (κ2) is 11.8. The first-order chi connectivity index (χ1) is 12.9. The Labute approximate surface area is 185 Å². The molecule has 0 spiro atoms. The van der Waals surface area contributed by atoms with Gasteiger partial charge in [-0.2, -0.15) is 5.10 Å². The van der Waals surface area contributed by atoms with E-state index in [4.69, 9.17) is 4.74 Å². The number of aromatic nitrogens is 3. The number of halogens is 1. The van der Waals surface area contributed by atoms with E-state index < -0.39 is 0 Å². The number of nitrogens with one attached hydrogen (secondary N) is 2. The summed E-state index contributed by atoms with van der Waals surface area (Å²) in [6.07, 6.45) is 3.97. The van der Waals surface area contributed by atoms with Crippen molar-refractivity contribution >= 4 is 29.9 Å². The molecule has 2 rings (SSSR count). The summed E-state index contributed by atoms with van der Waals surface area (Å²) in [5.74, 6) is 1.71. The molecule has 1 unspecified atom stereocenters. The summed E-state index contributed by atoms with van der Waals surface area (Å²) in [4.78, 5) is 17.0. The van der Waals surface area contributed by atoms with Crippen molar-refractivity contribution in [1.82, 2.24) is 25.0 Å². The van der Waals surface area contributed by atoms with Crippen LogP contribution >= 0.6 is 24.0 Å². The number of hydrogen-bond acceptors (Lipinski definition) is 4. The summed E-state index contributed by atoms with van der Waals surface area (Å²) in [5.41, 5.74) is 0.0649. The molecule has 0 amide bonds. The largest absolute Gasteiger partial charge is 0.379 e. The van der Waals surface area contributed by atoms with Gasteiger partial charge in [0.15, 0.2) is 5.96 Å². The van der Waals surface area contributed by atoms with Crippen molar-refractivity contribution in [3.63, 3.8) is 0 Å². The molecule has 1 atom stereocenters. The van der Waals surface area contributed by atoms with E-state index in [9.17, 15) is 4.79 Å². The van der Waals surface area contributed by atoms with Gasteiger partial charge in [-0.05, 0) is 31.6 Å². The third kappa shape index (κ3) is 7.06. The fourth-order valence-corrected chi connectivity index (χ4v) is 3.25. The lowest BCUT2D eigenvalue weighted by Gasteiger charge is -2.28. The fraction of sp³-hybridized carbons (Fsp3) is 0.842. The molecule has 1 aliphatic rings. The van der Waals surface area contributed by atoms with Gasteiger partial charge in [-0.25, -0.2) is 9.48 Å². The first kappa shape index (κ1) is 24.9. The van der Waals surface area contributed by atoms with E-state index in [0.717, 1.165) is 57.1 Å². The number of guanidine groups is 1. The molecule has 1 aromatic rings. The van der Waals surface area contributed by atoms with Gasteiger partial charge in [0.05, 0.1) is 12.6 Å². The standard InChI is InChI=1S/C19H36N6O2.HI/c1-6-20-17(22-14-15(27-5)19(2,3)4)21-11-9-13-25-18(26)24-12-8-7-10-16(24)23-25;/h15H,6-14H2,1-5H3,(H2,20,21,22);1H. The number of fused-ring (bicyclic) bond motifs is 1. The summed E-state index contributed by atoms with van der Waals surface area (Å²) in [5, 5.41) is 11.1. The average molecular weight is 508 g/mol. The minimum atomic E-state index is 0. The van der Waals surface area contributed by atoms with Crippen LogP contribution in [0.5, 0.6) is 0 Å². The van der Waals surface area contributed by atoms with Gasteiger partial charge in [0, 0.05) is 39.7 Å². The molecule has 2 N–H and O–H groups in total. The van der Waals surface area contributed by atoms with Gasteiger partial charge in [0.1, 0.15) is 5.82 Å². The maximum atomic E-state index is 12.3. The van der Waals surface area contributed by atoms with Gasteiger partial charge in [-0.1, -0.05) is 20.8 Å². The Morgan fingerprint density at radius 3 is 2.68 bits per heavy atom. The molecule has 0 aromatic carbocycles. The zero-order valence-electron chi connectivity index (χ0n) is 18.0. The predicted molar refractivity (Wildman–Crippen MR) is 124 cm³/mol. The second-order valence-corrected chi connectivity index (χ2v) is 8.12. The Morgan fingerprint density at radius 2 is 2.07 bits per heavy atom. The SMILES string of the molecule is CCNC(=NCC(OC)C(C)(C)C)NCCCn1nc2n(c1=O)CCCC2.I. The molecule has 0 bridgehead atoms. The molecule has 1 aromatic heterocycles. The number of aryl methyl sites for hydroxylation is 2. The summed E-state index contributed by atoms with van der Waals surface area (Å²) >= 11 is 0. The van der Waals surface area contributed by atoms with Crippen LogP contribution < -0.4 is 16.3 Å². The van der Waals surface area contributed by atoms with Gasteiger partial charge in [0.25, 0.3) is 0 Å². The fourth-order valence-electron chi connectivity index (χ4n) is 3.25. The highest BCUT2D eigenvalue weighted by atomic mass is 127. The molecular weight excluding hydrogens is 471 g/mol. The molecule has 0 fully saturated rings. The van der Waals surface area contributed by atoms with Crippen molar-refractivity contribution in [2.45, 2.75) is 72.6 Å². The van der Waals surface area contributed by atoms with Crippen LogP contribution in [0.3, 0.4) is 0 Å². The van der Waals surface area contributed by atoms with Crippen LogP contribution in [0.25, 0.3) is 0 Å².